The molecule has 2 N–H and O–H groups in total. The lowest BCUT2D eigenvalue weighted by molar-refractivity contribution is -0.130. The minimum absolute atomic E-state index is 0.204. The van der Waals surface area contributed by atoms with E-state index in [0.29, 0.717) is 143 Å². The van der Waals surface area contributed by atoms with E-state index in [-0.39, 0.29) is 79.2 Å². The lowest BCUT2D eigenvalue weighted by Gasteiger charge is -2.28. The van der Waals surface area contributed by atoms with Gasteiger partial charge in [0.25, 0.3) is 11.1 Å². The predicted molar refractivity (Wildman–Crippen MR) is 503 cm³/mol. The van der Waals surface area contributed by atoms with Crippen molar-refractivity contribution in [1.82, 2.24) is 34.1 Å². The molecule has 138 heavy (non-hydrogen) atoms. The molecule has 706 valence electrons. The van der Waals surface area contributed by atoms with Crippen molar-refractivity contribution in [2.24, 2.45) is 0 Å². The molecule has 0 bridgehead atoms. The number of nitrogens with zero attached hydrogens (tertiary/aromatic N) is 6. The first kappa shape index (κ1) is 102. The van der Waals surface area contributed by atoms with Crippen LogP contribution in [0.15, 0.2) is 341 Å². The van der Waals surface area contributed by atoms with Crippen LogP contribution >= 0.6 is 62.3 Å². The fourth-order valence-corrected chi connectivity index (χ4v) is 15.6. The van der Waals surface area contributed by atoms with Gasteiger partial charge in [-0.2, -0.15) is 0 Å². The van der Waals surface area contributed by atoms with E-state index in [0.717, 1.165) is 26.7 Å². The molecule has 4 fully saturated rings. The number of aliphatic hydroxyl groups is 1. The Morgan fingerprint density at radius 2 is 0.652 bits per heavy atom. The molecule has 4 aliphatic heterocycles. The molecule has 0 aliphatic carbocycles. The summed E-state index contributed by atoms with van der Waals surface area (Å²) in [6.07, 6.45) is 11.0. The average molecular weight is 2020 g/mol. The second-order valence-electron chi connectivity index (χ2n) is 30.0. The van der Waals surface area contributed by atoms with Gasteiger partial charge in [-0.15, -0.1) is 0 Å². The molecular formula is C103H80BrCl4F6N7O17. The second-order valence-corrected chi connectivity index (χ2v) is 32.5. The number of Topliss-reactive ketones (excluding diaryl/α,β-unsaturated/α-hetero) is 1. The van der Waals surface area contributed by atoms with Crippen LogP contribution in [0, 0.1) is 34.9 Å². The minimum atomic E-state index is -1.24. The monoisotopic (exact) mass is 2020 g/mol. The third kappa shape index (κ3) is 26.3. The molecule has 0 radical (unpaired) electrons. The summed E-state index contributed by atoms with van der Waals surface area (Å²) >= 11 is 26.0. The van der Waals surface area contributed by atoms with E-state index in [9.17, 15) is 59.9 Å². The summed E-state index contributed by atoms with van der Waals surface area (Å²) in [5, 5.41) is 10.3. The van der Waals surface area contributed by atoms with Crippen molar-refractivity contribution in [3.63, 3.8) is 0 Å². The number of carbonyl (C=O) groups excluding carboxylic acids is 4. The maximum Gasteiger partial charge on any atom is 0.337 e. The summed E-state index contributed by atoms with van der Waals surface area (Å²) < 4.78 is 133. The molecule has 4 aliphatic rings. The molecule has 0 atom stereocenters. The molecule has 11 heterocycles. The highest BCUT2D eigenvalue weighted by Crippen LogP contribution is 2.43. The summed E-state index contributed by atoms with van der Waals surface area (Å²) in [4.78, 5) is 102. The average Bonchev–Trinajstić information content (AvgIpc) is 1.53. The molecule has 0 amide bonds. The molecule has 19 rings (SSSR count). The van der Waals surface area contributed by atoms with Crippen LogP contribution in [0.5, 0.6) is 0 Å². The van der Waals surface area contributed by atoms with Crippen molar-refractivity contribution in [2.45, 2.75) is 36.2 Å². The summed E-state index contributed by atoms with van der Waals surface area (Å²) in [7, 11) is 1.33. The number of hydrogen-bond donors (Lipinski definition) is 2. The van der Waals surface area contributed by atoms with Gasteiger partial charge in [-0.05, 0) is 187 Å². The Morgan fingerprint density at radius 3 is 0.949 bits per heavy atom. The number of aliphatic hydroxyl groups excluding tert-OH is 1. The summed E-state index contributed by atoms with van der Waals surface area (Å²) in [5.74, 6) is -7.89. The zero-order chi connectivity index (χ0) is 97.9. The van der Waals surface area contributed by atoms with Gasteiger partial charge in [-0.1, -0.05) is 147 Å². The standard InChI is InChI=1S/2C23H20FNO5.C14H11ClFNO2.C14H12FNO3.2C12H7ClFNO.C5H3BrClN/c1-28-22(27)17-4-2-16(3-5-17)15-25-11-10-19(14-21(25)26)23(29-12-13-30-23)18-6-8-20(24)9-7-18;24-20-7-5-18(6-8-20)23(29-11-12-30-23)19-9-10-25(22(28)13-19)14-16-1-3-17(4-2-16)21(27)15-26;15-13-9-11(5-6-17-13)14(18-7-8-19-14)10-1-3-12(16)4-2-10;15-12-3-1-10(2-4-12)14(18-7-8-19-14)11-5-6-16-13(17)9-11;2*13-11-7-9(5-6-15-11)12(16)8-1-3-10(14)4-2-8;6-4-1-2-8-5(7)3-4/h2-11,14H,12-13,15H2,1H3;1-10,13,26H,11-12,14-15H2;1-6,9H,7-8H2;1-6,9H,7-8H2,(H,16,17);2*1-7H;1-3H. The third-order valence-electron chi connectivity index (χ3n) is 21.1. The van der Waals surface area contributed by atoms with Gasteiger partial charge in [0.05, 0.1) is 78.6 Å². The highest BCUT2D eigenvalue weighted by Gasteiger charge is 2.45. The van der Waals surface area contributed by atoms with Crippen LogP contribution < -0.4 is 16.7 Å². The number of esters is 1. The van der Waals surface area contributed by atoms with Crippen molar-refractivity contribution in [1.29, 1.82) is 0 Å². The molecule has 15 aromatic rings. The largest absolute Gasteiger partial charge is 0.465 e. The first-order chi connectivity index (χ1) is 66.6. The number of ether oxygens (including phenoxy) is 9. The molecular weight excluding hydrogens is 1940 g/mol. The number of methoxy groups -OCH3 is 1. The topological polar surface area (TPSA) is 300 Å². The van der Waals surface area contributed by atoms with Crippen molar-refractivity contribution >= 4 is 85.7 Å². The lowest BCUT2D eigenvalue weighted by Crippen LogP contribution is -2.31. The zero-order valence-electron chi connectivity index (χ0n) is 72.7. The highest BCUT2D eigenvalue weighted by molar-refractivity contribution is 9.10. The fourth-order valence-electron chi connectivity index (χ4n) is 14.4. The minimum Gasteiger partial charge on any atom is -0.465 e. The van der Waals surface area contributed by atoms with Gasteiger partial charge in [0.15, 0.2) is 17.3 Å². The first-order valence-electron chi connectivity index (χ1n) is 42.0. The molecule has 8 aromatic carbocycles. The van der Waals surface area contributed by atoms with Crippen LogP contribution in [0.2, 0.25) is 20.6 Å². The van der Waals surface area contributed by atoms with Gasteiger partial charge < -0.3 is 61.9 Å². The van der Waals surface area contributed by atoms with E-state index >= 15 is 0 Å². The number of nitrogens with one attached hydrogen (secondary N) is 1. The van der Waals surface area contributed by atoms with E-state index in [1.807, 2.05) is 6.07 Å². The molecule has 0 saturated carbocycles. The number of hydrogen-bond acceptors (Lipinski definition) is 21. The zero-order valence-corrected chi connectivity index (χ0v) is 77.3. The fraction of sp³-hybridized carbons (Fsp3) is 0.155. The third-order valence-corrected chi connectivity index (χ3v) is 22.4. The molecule has 24 nitrogen and oxygen atoms in total. The number of pyridine rings is 7. The number of aromatic amines is 1. The molecule has 35 heteroatoms. The van der Waals surface area contributed by atoms with Crippen LogP contribution in [0.1, 0.15) is 108 Å². The number of H-pyrrole nitrogens is 1. The Hall–Kier alpha value is -13.5. The number of halogens is 11. The van der Waals surface area contributed by atoms with Gasteiger partial charge in [0, 0.05) is 138 Å². The smallest absolute Gasteiger partial charge is 0.337 e. The summed E-state index contributed by atoms with van der Waals surface area (Å²) in [6.45, 7) is 3.35. The van der Waals surface area contributed by atoms with Crippen molar-refractivity contribution < 1.29 is 93.3 Å². The quantitative estimate of drug-likeness (QED) is 0.0329. The van der Waals surface area contributed by atoms with E-state index < -0.39 is 35.7 Å². The second kappa shape index (κ2) is 48.0. The Bertz CT molecular complexity index is 6590. The molecule has 7 aromatic heterocycles. The predicted octanol–water partition coefficient (Wildman–Crippen LogP) is 19.1. The Kier molecular flexibility index (Phi) is 35.5. The molecule has 0 unspecified atom stereocenters. The van der Waals surface area contributed by atoms with Gasteiger partial charge in [0.2, 0.25) is 28.7 Å². The van der Waals surface area contributed by atoms with Crippen LogP contribution in [-0.4, -0.2) is 129 Å². The van der Waals surface area contributed by atoms with Crippen LogP contribution in [0.3, 0.4) is 0 Å². The lowest BCUT2D eigenvalue weighted by atomic mass is 9.98. The van der Waals surface area contributed by atoms with E-state index in [2.05, 4.69) is 45.6 Å². The van der Waals surface area contributed by atoms with Crippen LogP contribution in [0.25, 0.3) is 0 Å². The maximum absolute atomic E-state index is 13.4. The number of benzene rings is 8. The van der Waals surface area contributed by atoms with E-state index in [1.54, 1.807) is 175 Å². The Balaban J connectivity index is 0.000000140. The van der Waals surface area contributed by atoms with Crippen molar-refractivity contribution in [2.75, 3.05) is 66.6 Å². The first-order valence-corrected chi connectivity index (χ1v) is 44.3. The SMILES string of the molecule is COC(=O)c1ccc(Cn2ccc(C3(c4ccc(F)cc4)OCCO3)cc2=O)cc1.Clc1cc(Br)ccn1.Fc1ccc(C2(c3ccnc(Cl)c3)OCCO2)cc1.O=C(CO)c1ccc(Cn2ccc(C3(c4ccc(F)cc4)OCCO3)cc2=O)cc1.O=C(c1ccc(F)cc1)c1ccnc(Cl)c1.O=C(c1ccc(F)cc1)c1ccnc(Cl)c1.O=c1cc(C2(c3ccc(F)cc3)OCCO2)cc[nH]1. The Labute approximate surface area is 813 Å². The van der Waals surface area contributed by atoms with Crippen molar-refractivity contribution in [3.05, 3.63) is 502 Å². The summed E-state index contributed by atoms with van der Waals surface area (Å²) in [5.41, 5.74) is 8.62. The number of carbonyl (C=O) groups is 4. The van der Waals surface area contributed by atoms with Crippen LogP contribution in [0.4, 0.5) is 26.3 Å². The van der Waals surface area contributed by atoms with E-state index in [1.165, 1.54) is 158 Å². The molecule has 4 saturated heterocycles. The van der Waals surface area contributed by atoms with Crippen molar-refractivity contribution in [3.8, 4) is 0 Å². The number of aromatic nitrogens is 7. The molecule has 0 spiro atoms. The summed E-state index contributed by atoms with van der Waals surface area (Å²) in [6, 6.07) is 70.6. The highest BCUT2D eigenvalue weighted by atomic mass is 79.9. The number of ketones is 3. The maximum atomic E-state index is 13.4. The van der Waals surface area contributed by atoms with E-state index in [4.69, 9.17) is 89.4 Å². The normalized spacial score (nSPS) is 14.3. The van der Waals surface area contributed by atoms with Gasteiger partial charge >= 0.3 is 5.97 Å². The van der Waals surface area contributed by atoms with Gasteiger partial charge in [-0.25, -0.2) is 51.1 Å². The van der Waals surface area contributed by atoms with Crippen LogP contribution in [-0.2, 0) is 78.9 Å². The number of rotatable bonds is 19. The van der Waals surface area contributed by atoms with Gasteiger partial charge in [0.1, 0.15) is 62.1 Å². The Morgan fingerprint density at radius 1 is 0.355 bits per heavy atom. The van der Waals surface area contributed by atoms with Gasteiger partial charge in [-0.3, -0.25) is 28.8 Å².